The molecule has 4 aromatic rings. The van der Waals surface area contributed by atoms with Gasteiger partial charge in [-0.2, -0.15) is 0 Å². The van der Waals surface area contributed by atoms with Gasteiger partial charge in [0.1, 0.15) is 0 Å². The van der Waals surface area contributed by atoms with Gasteiger partial charge in [0.25, 0.3) is 5.91 Å². The molecule has 0 saturated carbocycles. The predicted molar refractivity (Wildman–Crippen MR) is 124 cm³/mol. The highest BCUT2D eigenvalue weighted by atomic mass is 16.4. The van der Waals surface area contributed by atoms with E-state index in [0.717, 1.165) is 25.2 Å². The van der Waals surface area contributed by atoms with Crippen LogP contribution in [-0.2, 0) is 13.1 Å². The molecule has 0 bridgehead atoms. The molecule has 0 N–H and O–H groups in total. The van der Waals surface area contributed by atoms with Crippen molar-refractivity contribution in [2.45, 2.75) is 13.1 Å². The molecule has 2 heterocycles. The second-order valence-corrected chi connectivity index (χ2v) is 8.18. The van der Waals surface area contributed by atoms with E-state index in [1.54, 1.807) is 22.8 Å². The third kappa shape index (κ3) is 4.22. The number of fused-ring (bicyclic) bond motifs is 1. The van der Waals surface area contributed by atoms with Crippen LogP contribution < -0.4 is 5.76 Å². The summed E-state index contributed by atoms with van der Waals surface area (Å²) in [4.78, 5) is 29.8. The van der Waals surface area contributed by atoms with E-state index in [1.165, 1.54) is 5.56 Å². The molecule has 0 radical (unpaired) electrons. The van der Waals surface area contributed by atoms with E-state index >= 15 is 0 Å². The number of nitrogens with zero attached hydrogens (tertiary/aromatic N) is 3. The van der Waals surface area contributed by atoms with Crippen LogP contribution in [0.2, 0.25) is 0 Å². The molecule has 1 amide bonds. The Morgan fingerprint density at radius 3 is 2.06 bits per heavy atom. The predicted octanol–water partition coefficient (Wildman–Crippen LogP) is 3.60. The Hall–Kier alpha value is -3.64. The number of amides is 1. The van der Waals surface area contributed by atoms with Gasteiger partial charge in [-0.25, -0.2) is 4.79 Å². The van der Waals surface area contributed by atoms with Crippen LogP contribution in [0.15, 0.2) is 88.1 Å². The second kappa shape index (κ2) is 8.85. The Labute approximate surface area is 186 Å². The molecule has 0 spiro atoms. The molecule has 3 aromatic carbocycles. The van der Waals surface area contributed by atoms with Gasteiger partial charge in [0.2, 0.25) is 0 Å². The zero-order chi connectivity index (χ0) is 21.9. The molecule has 0 aliphatic carbocycles. The summed E-state index contributed by atoms with van der Waals surface area (Å²) in [6, 6.07) is 25.4. The first-order chi connectivity index (χ1) is 15.7. The number of oxazole rings is 1. The second-order valence-electron chi connectivity index (χ2n) is 8.18. The van der Waals surface area contributed by atoms with E-state index in [4.69, 9.17) is 4.42 Å². The highest BCUT2D eigenvalue weighted by Crippen LogP contribution is 2.19. The third-order valence-electron chi connectivity index (χ3n) is 6.01. The largest absolute Gasteiger partial charge is 0.420 e. The summed E-state index contributed by atoms with van der Waals surface area (Å²) >= 11 is 0. The van der Waals surface area contributed by atoms with Gasteiger partial charge < -0.3 is 9.32 Å². The minimum absolute atomic E-state index is 0.00817. The number of carbonyl (C=O) groups is 1. The van der Waals surface area contributed by atoms with Crippen molar-refractivity contribution in [2.75, 3.05) is 26.2 Å². The van der Waals surface area contributed by atoms with E-state index in [-0.39, 0.29) is 5.91 Å². The van der Waals surface area contributed by atoms with Crippen molar-refractivity contribution in [3.63, 3.8) is 0 Å². The summed E-state index contributed by atoms with van der Waals surface area (Å²) in [5, 5.41) is 0. The van der Waals surface area contributed by atoms with Gasteiger partial charge in [-0.05, 0) is 29.3 Å². The first-order valence-corrected chi connectivity index (χ1v) is 10.9. The van der Waals surface area contributed by atoms with Crippen molar-refractivity contribution in [3.8, 4) is 0 Å². The minimum Gasteiger partial charge on any atom is -0.408 e. The van der Waals surface area contributed by atoms with Crippen LogP contribution in [0, 0.1) is 0 Å². The van der Waals surface area contributed by atoms with Gasteiger partial charge in [0.15, 0.2) is 5.58 Å². The minimum atomic E-state index is -0.414. The van der Waals surface area contributed by atoms with Gasteiger partial charge in [0, 0.05) is 38.3 Å². The summed E-state index contributed by atoms with van der Waals surface area (Å²) in [5.74, 6) is -0.422. The zero-order valence-electron chi connectivity index (χ0n) is 17.8. The van der Waals surface area contributed by atoms with E-state index < -0.39 is 5.76 Å². The molecule has 0 unspecified atom stereocenters. The summed E-state index contributed by atoms with van der Waals surface area (Å²) < 4.78 is 6.98. The van der Waals surface area contributed by atoms with Crippen molar-refractivity contribution in [1.29, 1.82) is 0 Å². The lowest BCUT2D eigenvalue weighted by Gasteiger charge is -2.34. The SMILES string of the molecule is O=C(c1ccc2oc(=O)n(Cc3ccccc3)c2c1)N1CCN(Cc2ccccc2)CC1. The van der Waals surface area contributed by atoms with Crippen LogP contribution >= 0.6 is 0 Å². The van der Waals surface area contributed by atoms with Crippen molar-refractivity contribution in [3.05, 3.63) is 106 Å². The quantitative estimate of drug-likeness (QED) is 0.488. The summed E-state index contributed by atoms with van der Waals surface area (Å²) in [7, 11) is 0. The molecule has 6 nitrogen and oxygen atoms in total. The van der Waals surface area contributed by atoms with Crippen molar-refractivity contribution >= 4 is 17.0 Å². The fraction of sp³-hybridized carbons (Fsp3) is 0.231. The molecule has 1 aromatic heterocycles. The molecule has 5 rings (SSSR count). The summed E-state index contributed by atoms with van der Waals surface area (Å²) in [6.45, 7) is 4.36. The average Bonchev–Trinajstić information content (AvgIpc) is 3.14. The molecule has 1 aliphatic heterocycles. The number of hydrogen-bond acceptors (Lipinski definition) is 4. The van der Waals surface area contributed by atoms with Crippen LogP contribution in [0.4, 0.5) is 0 Å². The molecule has 6 heteroatoms. The van der Waals surface area contributed by atoms with Crippen LogP contribution in [0.1, 0.15) is 21.5 Å². The topological polar surface area (TPSA) is 58.7 Å². The third-order valence-corrected chi connectivity index (χ3v) is 6.01. The number of rotatable bonds is 5. The maximum Gasteiger partial charge on any atom is 0.420 e. The van der Waals surface area contributed by atoms with E-state index in [9.17, 15) is 9.59 Å². The highest BCUT2D eigenvalue weighted by Gasteiger charge is 2.23. The van der Waals surface area contributed by atoms with Crippen LogP contribution in [0.25, 0.3) is 11.1 Å². The van der Waals surface area contributed by atoms with Crippen LogP contribution in [-0.4, -0.2) is 46.5 Å². The first kappa shape index (κ1) is 20.3. The molecule has 1 aliphatic rings. The fourth-order valence-corrected chi connectivity index (χ4v) is 4.24. The Morgan fingerprint density at radius 2 is 1.41 bits per heavy atom. The molecular formula is C26H25N3O3. The summed E-state index contributed by atoms with van der Waals surface area (Å²) in [5.41, 5.74) is 4.01. The normalized spacial score (nSPS) is 14.7. The van der Waals surface area contributed by atoms with Gasteiger partial charge in [-0.3, -0.25) is 14.3 Å². The smallest absolute Gasteiger partial charge is 0.408 e. The Balaban J connectivity index is 1.31. The number of piperazine rings is 1. The fourth-order valence-electron chi connectivity index (χ4n) is 4.24. The average molecular weight is 428 g/mol. The van der Waals surface area contributed by atoms with E-state index in [2.05, 4.69) is 29.2 Å². The lowest BCUT2D eigenvalue weighted by atomic mass is 10.1. The number of carbonyl (C=O) groups excluding carboxylic acids is 1. The van der Waals surface area contributed by atoms with E-state index in [0.29, 0.717) is 36.3 Å². The molecule has 1 saturated heterocycles. The Bertz CT molecular complexity index is 1270. The summed E-state index contributed by atoms with van der Waals surface area (Å²) in [6.07, 6.45) is 0. The molecule has 0 atom stereocenters. The maximum atomic E-state index is 13.2. The Kier molecular flexibility index (Phi) is 5.60. The lowest BCUT2D eigenvalue weighted by Crippen LogP contribution is -2.48. The lowest BCUT2D eigenvalue weighted by molar-refractivity contribution is 0.0628. The van der Waals surface area contributed by atoms with Crippen molar-refractivity contribution in [2.24, 2.45) is 0 Å². The maximum absolute atomic E-state index is 13.2. The highest BCUT2D eigenvalue weighted by molar-refractivity contribution is 5.97. The standard InChI is InChI=1S/C26H25N3O3/c30-25(28-15-13-27(14-16-28)18-20-7-3-1-4-8-20)22-11-12-24-23(17-22)29(26(31)32-24)19-21-9-5-2-6-10-21/h1-12,17H,13-16,18-19H2. The molecular weight excluding hydrogens is 402 g/mol. The monoisotopic (exact) mass is 427 g/mol. The number of benzene rings is 3. The molecule has 1 fully saturated rings. The van der Waals surface area contributed by atoms with Crippen molar-refractivity contribution < 1.29 is 9.21 Å². The van der Waals surface area contributed by atoms with Crippen molar-refractivity contribution in [1.82, 2.24) is 14.4 Å². The first-order valence-electron chi connectivity index (χ1n) is 10.9. The van der Waals surface area contributed by atoms with Gasteiger partial charge in [-0.15, -0.1) is 0 Å². The van der Waals surface area contributed by atoms with Crippen LogP contribution in [0.5, 0.6) is 0 Å². The van der Waals surface area contributed by atoms with Gasteiger partial charge in [0.05, 0.1) is 12.1 Å². The van der Waals surface area contributed by atoms with E-state index in [1.807, 2.05) is 41.3 Å². The number of hydrogen-bond donors (Lipinski definition) is 0. The zero-order valence-corrected chi connectivity index (χ0v) is 17.8. The molecule has 32 heavy (non-hydrogen) atoms. The van der Waals surface area contributed by atoms with Crippen LogP contribution in [0.3, 0.4) is 0 Å². The van der Waals surface area contributed by atoms with Gasteiger partial charge in [-0.1, -0.05) is 60.7 Å². The Morgan fingerprint density at radius 1 is 0.781 bits per heavy atom. The van der Waals surface area contributed by atoms with Gasteiger partial charge >= 0.3 is 5.76 Å². The molecule has 162 valence electrons. The number of aromatic nitrogens is 1.